The highest BCUT2D eigenvalue weighted by Gasteiger charge is 2.22. The Bertz CT molecular complexity index is 1010. The molecule has 156 valence electrons. The minimum Gasteiger partial charge on any atom is -0.383 e. The monoisotopic (exact) mass is 438 g/mol. The molecule has 0 aliphatic carbocycles. The fourth-order valence-electron chi connectivity index (χ4n) is 2.85. The normalized spacial score (nSPS) is 11.2. The van der Waals surface area contributed by atoms with E-state index in [1.165, 1.54) is 21.6 Å². The van der Waals surface area contributed by atoms with Crippen molar-refractivity contribution >= 4 is 46.7 Å². The van der Waals surface area contributed by atoms with Crippen LogP contribution in [0.15, 0.2) is 33.9 Å². The van der Waals surface area contributed by atoms with E-state index in [9.17, 15) is 14.4 Å². The molecule has 3 N–H and O–H groups in total. The van der Waals surface area contributed by atoms with Gasteiger partial charge in [-0.25, -0.2) is 4.79 Å². The molecule has 29 heavy (non-hydrogen) atoms. The number of hydrogen-bond donors (Lipinski definition) is 2. The number of aromatic amines is 1. The lowest BCUT2D eigenvalue weighted by Crippen LogP contribution is -2.41. The Balaban J connectivity index is 2.48. The van der Waals surface area contributed by atoms with Gasteiger partial charge in [0.25, 0.3) is 11.5 Å². The van der Waals surface area contributed by atoms with Crippen molar-refractivity contribution in [3.63, 3.8) is 0 Å². The van der Waals surface area contributed by atoms with Crippen LogP contribution in [0.5, 0.6) is 0 Å². The van der Waals surface area contributed by atoms with E-state index in [0.717, 1.165) is 6.42 Å². The standard InChI is InChI=1S/C20H24Cl2N4O3/c1-3-5-12-26-18(23)17(19(28)24-20(26)29)25(11-4-2)16(27)10-9-13-14(21)7-6-8-15(13)22/h6-10H,3-5,11-12,23H2,1-2H3,(H,24,28,29)/b10-9+. The van der Waals surface area contributed by atoms with Gasteiger partial charge in [0.2, 0.25) is 0 Å². The van der Waals surface area contributed by atoms with Gasteiger partial charge in [-0.2, -0.15) is 0 Å². The summed E-state index contributed by atoms with van der Waals surface area (Å²) < 4.78 is 1.28. The lowest BCUT2D eigenvalue weighted by atomic mass is 10.2. The zero-order chi connectivity index (χ0) is 21.6. The molecule has 0 saturated heterocycles. The van der Waals surface area contributed by atoms with Gasteiger partial charge in [0.05, 0.1) is 0 Å². The van der Waals surface area contributed by atoms with E-state index in [-0.39, 0.29) is 18.1 Å². The molecule has 1 heterocycles. The third-order valence-corrected chi connectivity index (χ3v) is 4.98. The van der Waals surface area contributed by atoms with Crippen LogP contribution >= 0.6 is 23.2 Å². The molecular weight excluding hydrogens is 415 g/mol. The maximum Gasteiger partial charge on any atom is 0.330 e. The van der Waals surface area contributed by atoms with Crippen LogP contribution in [0.25, 0.3) is 6.08 Å². The molecule has 2 aromatic rings. The molecule has 0 unspecified atom stereocenters. The van der Waals surface area contributed by atoms with Gasteiger partial charge in [0.1, 0.15) is 5.82 Å². The summed E-state index contributed by atoms with van der Waals surface area (Å²) in [5.74, 6) is -0.501. The second kappa shape index (κ2) is 10.3. The number of unbranched alkanes of at least 4 members (excludes halogenated alkanes) is 1. The molecule has 1 amide bonds. The van der Waals surface area contributed by atoms with Gasteiger partial charge < -0.3 is 10.6 Å². The first kappa shape index (κ1) is 22.8. The number of H-pyrrole nitrogens is 1. The Labute approximate surface area is 178 Å². The number of benzene rings is 1. The van der Waals surface area contributed by atoms with Crippen molar-refractivity contribution in [3.8, 4) is 0 Å². The predicted octanol–water partition coefficient (Wildman–Crippen LogP) is 3.68. The molecule has 9 heteroatoms. The molecule has 0 saturated carbocycles. The Hall–Kier alpha value is -2.51. The van der Waals surface area contributed by atoms with Crippen LogP contribution in [-0.4, -0.2) is 22.0 Å². The molecular formula is C20H24Cl2N4O3. The maximum absolute atomic E-state index is 12.9. The summed E-state index contributed by atoms with van der Waals surface area (Å²) in [6.45, 7) is 4.45. The summed E-state index contributed by atoms with van der Waals surface area (Å²) in [7, 11) is 0. The summed E-state index contributed by atoms with van der Waals surface area (Å²) in [4.78, 5) is 41.0. The molecule has 0 atom stereocenters. The number of carbonyl (C=O) groups excluding carboxylic acids is 1. The van der Waals surface area contributed by atoms with Crippen LogP contribution in [0, 0.1) is 0 Å². The van der Waals surface area contributed by atoms with Gasteiger partial charge in [-0.05, 0) is 31.1 Å². The number of carbonyl (C=O) groups is 1. The van der Waals surface area contributed by atoms with Crippen molar-refractivity contribution in [3.05, 3.63) is 60.7 Å². The van der Waals surface area contributed by atoms with Crippen LogP contribution in [0.3, 0.4) is 0 Å². The Morgan fingerprint density at radius 3 is 2.45 bits per heavy atom. The highest BCUT2D eigenvalue weighted by atomic mass is 35.5. The van der Waals surface area contributed by atoms with Crippen LogP contribution < -0.4 is 21.9 Å². The Kier molecular flexibility index (Phi) is 8.10. The molecule has 7 nitrogen and oxygen atoms in total. The average molecular weight is 439 g/mol. The van der Waals surface area contributed by atoms with Crippen LogP contribution in [-0.2, 0) is 11.3 Å². The number of hydrogen-bond acceptors (Lipinski definition) is 4. The number of halogens is 2. The third-order valence-electron chi connectivity index (χ3n) is 4.32. The molecule has 2 rings (SSSR count). The number of aromatic nitrogens is 2. The molecule has 0 spiro atoms. The first-order chi connectivity index (χ1) is 13.8. The second-order valence-electron chi connectivity index (χ2n) is 6.46. The smallest absolute Gasteiger partial charge is 0.330 e. The lowest BCUT2D eigenvalue weighted by Gasteiger charge is -2.23. The van der Waals surface area contributed by atoms with Crippen molar-refractivity contribution < 1.29 is 4.79 Å². The van der Waals surface area contributed by atoms with E-state index in [1.807, 2.05) is 13.8 Å². The summed E-state index contributed by atoms with van der Waals surface area (Å²) in [5.41, 5.74) is 5.30. The molecule has 0 aliphatic rings. The summed E-state index contributed by atoms with van der Waals surface area (Å²) in [6.07, 6.45) is 4.91. The molecule has 0 radical (unpaired) electrons. The molecule has 1 aromatic carbocycles. The zero-order valence-electron chi connectivity index (χ0n) is 16.4. The van der Waals surface area contributed by atoms with Crippen LogP contribution in [0.4, 0.5) is 11.5 Å². The fraction of sp³-hybridized carbons (Fsp3) is 0.350. The molecule has 1 aromatic heterocycles. The van der Waals surface area contributed by atoms with Gasteiger partial charge in [-0.15, -0.1) is 0 Å². The second-order valence-corrected chi connectivity index (χ2v) is 7.27. The number of nitrogens with zero attached hydrogens (tertiary/aromatic N) is 2. The van der Waals surface area contributed by atoms with Crippen LogP contribution in [0.1, 0.15) is 38.7 Å². The highest BCUT2D eigenvalue weighted by Crippen LogP contribution is 2.26. The average Bonchev–Trinajstić information content (AvgIpc) is 2.66. The van der Waals surface area contributed by atoms with E-state index >= 15 is 0 Å². The van der Waals surface area contributed by atoms with Gasteiger partial charge >= 0.3 is 5.69 Å². The highest BCUT2D eigenvalue weighted by molar-refractivity contribution is 6.37. The van der Waals surface area contributed by atoms with E-state index in [4.69, 9.17) is 28.9 Å². The lowest BCUT2D eigenvalue weighted by molar-refractivity contribution is -0.114. The van der Waals surface area contributed by atoms with E-state index in [1.54, 1.807) is 18.2 Å². The predicted molar refractivity (Wildman–Crippen MR) is 119 cm³/mol. The number of rotatable bonds is 8. The van der Waals surface area contributed by atoms with E-state index < -0.39 is 17.2 Å². The molecule has 0 bridgehead atoms. The SMILES string of the molecule is CCCCn1c(N)c(N(CCC)C(=O)/C=C/c2c(Cl)cccc2Cl)c(=O)[nH]c1=O. The summed E-state index contributed by atoms with van der Waals surface area (Å²) in [5, 5.41) is 0.795. The van der Waals surface area contributed by atoms with Crippen LogP contribution in [0.2, 0.25) is 10.0 Å². The van der Waals surface area contributed by atoms with E-state index in [2.05, 4.69) is 4.98 Å². The van der Waals surface area contributed by atoms with Gasteiger partial charge in [-0.3, -0.25) is 19.1 Å². The maximum atomic E-state index is 12.9. The third kappa shape index (κ3) is 5.31. The number of anilines is 2. The first-order valence-corrected chi connectivity index (χ1v) is 10.1. The summed E-state index contributed by atoms with van der Waals surface area (Å²) in [6, 6.07) is 5.02. The van der Waals surface area contributed by atoms with Gasteiger partial charge in [-0.1, -0.05) is 49.5 Å². The zero-order valence-corrected chi connectivity index (χ0v) is 17.9. The van der Waals surface area contributed by atoms with Gasteiger partial charge in [0.15, 0.2) is 5.69 Å². The van der Waals surface area contributed by atoms with Crippen molar-refractivity contribution in [2.45, 2.75) is 39.7 Å². The minimum atomic E-state index is -0.703. The van der Waals surface area contributed by atoms with Crippen molar-refractivity contribution in [2.24, 2.45) is 0 Å². The number of nitrogens with one attached hydrogen (secondary N) is 1. The molecule has 0 aliphatic heterocycles. The quantitative estimate of drug-likeness (QED) is 0.613. The molecule has 0 fully saturated rings. The van der Waals surface area contributed by atoms with E-state index in [0.29, 0.717) is 35.0 Å². The largest absolute Gasteiger partial charge is 0.383 e. The first-order valence-electron chi connectivity index (χ1n) is 9.37. The Morgan fingerprint density at radius 2 is 1.86 bits per heavy atom. The minimum absolute atomic E-state index is 0.0295. The van der Waals surface area contributed by atoms with Crippen molar-refractivity contribution in [2.75, 3.05) is 17.2 Å². The topological polar surface area (TPSA) is 101 Å². The van der Waals surface area contributed by atoms with Crippen molar-refractivity contribution in [1.29, 1.82) is 0 Å². The Morgan fingerprint density at radius 1 is 1.21 bits per heavy atom. The summed E-state index contributed by atoms with van der Waals surface area (Å²) >= 11 is 12.3. The number of amides is 1. The van der Waals surface area contributed by atoms with Gasteiger partial charge in [0, 0.05) is 34.8 Å². The number of nitrogens with two attached hydrogens (primary N) is 1. The number of nitrogen functional groups attached to an aromatic ring is 1. The van der Waals surface area contributed by atoms with Crippen molar-refractivity contribution in [1.82, 2.24) is 9.55 Å². The fourth-order valence-corrected chi connectivity index (χ4v) is 3.37.